The van der Waals surface area contributed by atoms with Crippen LogP contribution in [0.5, 0.6) is 0 Å². The lowest BCUT2D eigenvalue weighted by atomic mass is 9.66. The van der Waals surface area contributed by atoms with E-state index >= 15 is 0 Å². The first-order valence-electron chi connectivity index (χ1n) is 8.16. The second kappa shape index (κ2) is 8.54. The lowest BCUT2D eigenvalue weighted by molar-refractivity contribution is -0.275. The van der Waals surface area contributed by atoms with Gasteiger partial charge in [-0.05, 0) is 38.5 Å². The van der Waals surface area contributed by atoms with Gasteiger partial charge in [0.05, 0.1) is 7.11 Å². The molecule has 2 aliphatic carbocycles. The topological polar surface area (TPSA) is 44.8 Å². The normalized spacial score (nSPS) is 31.4. The van der Waals surface area contributed by atoms with E-state index in [0.29, 0.717) is 6.61 Å². The maximum absolute atomic E-state index is 11.9. The van der Waals surface area contributed by atoms with Crippen molar-refractivity contribution in [2.75, 3.05) is 20.8 Å². The Balaban J connectivity index is 0.00000106. The summed E-state index contributed by atoms with van der Waals surface area (Å²) in [5.41, 5.74) is 0.819. The van der Waals surface area contributed by atoms with Crippen LogP contribution < -0.4 is 0 Å². The lowest BCUT2D eigenvalue weighted by Gasteiger charge is -2.48. The van der Waals surface area contributed by atoms with Crippen molar-refractivity contribution < 1.29 is 19.0 Å². The number of methoxy groups -OCH3 is 2. The van der Waals surface area contributed by atoms with Gasteiger partial charge in [-0.1, -0.05) is 19.9 Å². The molecule has 0 aromatic carbocycles. The van der Waals surface area contributed by atoms with Crippen LogP contribution in [0.4, 0.5) is 0 Å². The monoisotopic (exact) mass is 298 g/mol. The fraction of sp³-hybridized carbons (Fsp3) is 0.824. The van der Waals surface area contributed by atoms with Crippen LogP contribution in [0.15, 0.2) is 11.6 Å². The van der Waals surface area contributed by atoms with Crippen molar-refractivity contribution in [3.8, 4) is 0 Å². The summed E-state index contributed by atoms with van der Waals surface area (Å²) in [4.78, 5) is 11.9. The smallest absolute Gasteiger partial charge is 0.333 e. The SMILES string of the molecule is CC.CCOC1(OC)CCCC2C(C(=O)OC)=CCCC21. The summed E-state index contributed by atoms with van der Waals surface area (Å²) in [5.74, 6) is -0.254. The number of carbonyl (C=O) groups excluding carboxylic acids is 1. The fourth-order valence-electron chi connectivity index (χ4n) is 3.71. The molecule has 3 unspecified atom stereocenters. The zero-order valence-electron chi connectivity index (χ0n) is 14.1. The molecule has 3 atom stereocenters. The standard InChI is InChI=1S/C15H24O4.C2H6/c1-4-19-15(18-3)10-6-8-11-12(14(16)17-2)7-5-9-13(11)15;1-2/h7,11,13H,4-6,8-10H2,1-3H3;1-2H3. The largest absolute Gasteiger partial charge is 0.466 e. The van der Waals surface area contributed by atoms with E-state index in [1.165, 1.54) is 7.11 Å². The first-order chi connectivity index (χ1) is 10.2. The van der Waals surface area contributed by atoms with Crippen LogP contribution in [0.2, 0.25) is 0 Å². The zero-order chi connectivity index (χ0) is 15.9. The Kier molecular flexibility index (Phi) is 7.40. The minimum absolute atomic E-state index is 0.196. The first kappa shape index (κ1) is 18.2. The van der Waals surface area contributed by atoms with E-state index in [1.807, 2.05) is 26.8 Å². The number of carbonyl (C=O) groups is 1. The average molecular weight is 298 g/mol. The maximum Gasteiger partial charge on any atom is 0.333 e. The van der Waals surface area contributed by atoms with Crippen LogP contribution >= 0.6 is 0 Å². The molecule has 0 aromatic rings. The third kappa shape index (κ3) is 3.67. The van der Waals surface area contributed by atoms with Gasteiger partial charge in [0.15, 0.2) is 5.79 Å². The average Bonchev–Trinajstić information content (AvgIpc) is 2.56. The molecule has 0 saturated heterocycles. The summed E-state index contributed by atoms with van der Waals surface area (Å²) in [6.45, 7) is 6.62. The molecular formula is C17H30O4. The molecule has 0 spiro atoms. The van der Waals surface area contributed by atoms with Crippen LogP contribution in [0, 0.1) is 11.8 Å². The van der Waals surface area contributed by atoms with E-state index in [4.69, 9.17) is 14.2 Å². The number of ether oxygens (including phenoxy) is 3. The highest BCUT2D eigenvalue weighted by Crippen LogP contribution is 2.48. The minimum atomic E-state index is -0.523. The van der Waals surface area contributed by atoms with Crippen molar-refractivity contribution in [2.45, 2.75) is 58.7 Å². The summed E-state index contributed by atoms with van der Waals surface area (Å²) in [7, 11) is 3.16. The van der Waals surface area contributed by atoms with E-state index in [1.54, 1.807) is 7.11 Å². The molecule has 4 nitrogen and oxygen atoms in total. The van der Waals surface area contributed by atoms with Crippen LogP contribution in [0.1, 0.15) is 52.9 Å². The molecule has 2 aliphatic rings. The van der Waals surface area contributed by atoms with Gasteiger partial charge < -0.3 is 14.2 Å². The molecule has 0 radical (unpaired) electrons. The van der Waals surface area contributed by atoms with E-state index < -0.39 is 5.79 Å². The summed E-state index contributed by atoms with van der Waals surface area (Å²) in [6.07, 6.45) is 6.88. The van der Waals surface area contributed by atoms with Crippen LogP contribution in [0.3, 0.4) is 0 Å². The molecule has 122 valence electrons. The summed E-state index contributed by atoms with van der Waals surface area (Å²) >= 11 is 0. The van der Waals surface area contributed by atoms with Crippen molar-refractivity contribution in [3.63, 3.8) is 0 Å². The number of hydrogen-bond acceptors (Lipinski definition) is 4. The Labute approximate surface area is 128 Å². The summed E-state index contributed by atoms with van der Waals surface area (Å²) in [6, 6.07) is 0. The van der Waals surface area contributed by atoms with Crippen molar-refractivity contribution in [3.05, 3.63) is 11.6 Å². The van der Waals surface area contributed by atoms with Gasteiger partial charge in [-0.2, -0.15) is 0 Å². The van der Waals surface area contributed by atoms with E-state index in [9.17, 15) is 4.79 Å². The number of allylic oxidation sites excluding steroid dienone is 1. The predicted molar refractivity (Wildman–Crippen MR) is 82.9 cm³/mol. The van der Waals surface area contributed by atoms with Crippen molar-refractivity contribution in [1.29, 1.82) is 0 Å². The van der Waals surface area contributed by atoms with Crippen molar-refractivity contribution in [1.82, 2.24) is 0 Å². The predicted octanol–water partition coefficient (Wildman–Crippen LogP) is 3.70. The van der Waals surface area contributed by atoms with Gasteiger partial charge in [-0.25, -0.2) is 4.79 Å². The molecule has 0 bridgehead atoms. The second-order valence-electron chi connectivity index (χ2n) is 5.28. The summed E-state index contributed by atoms with van der Waals surface area (Å²) in [5, 5.41) is 0. The zero-order valence-corrected chi connectivity index (χ0v) is 14.1. The van der Waals surface area contributed by atoms with Crippen LogP contribution in [-0.4, -0.2) is 32.6 Å². The van der Waals surface area contributed by atoms with E-state index in [0.717, 1.165) is 37.7 Å². The molecule has 0 aliphatic heterocycles. The van der Waals surface area contributed by atoms with Crippen molar-refractivity contribution in [2.24, 2.45) is 11.8 Å². The van der Waals surface area contributed by atoms with Crippen LogP contribution in [0.25, 0.3) is 0 Å². The maximum atomic E-state index is 11.9. The molecule has 0 heterocycles. The highest BCUT2D eigenvalue weighted by atomic mass is 16.7. The lowest BCUT2D eigenvalue weighted by Crippen LogP contribution is -2.50. The highest BCUT2D eigenvalue weighted by molar-refractivity contribution is 5.89. The van der Waals surface area contributed by atoms with Gasteiger partial charge in [0, 0.05) is 31.6 Å². The molecule has 0 aromatic heterocycles. The Morgan fingerprint density at radius 2 is 2.05 bits per heavy atom. The third-order valence-corrected chi connectivity index (χ3v) is 4.49. The fourth-order valence-corrected chi connectivity index (χ4v) is 3.71. The number of hydrogen-bond donors (Lipinski definition) is 0. The Morgan fingerprint density at radius 1 is 1.33 bits per heavy atom. The molecular weight excluding hydrogens is 268 g/mol. The van der Waals surface area contributed by atoms with Gasteiger partial charge >= 0.3 is 5.97 Å². The number of fused-ring (bicyclic) bond motifs is 1. The van der Waals surface area contributed by atoms with Gasteiger partial charge in [0.2, 0.25) is 0 Å². The number of rotatable bonds is 4. The van der Waals surface area contributed by atoms with Gasteiger partial charge in [-0.3, -0.25) is 0 Å². The third-order valence-electron chi connectivity index (χ3n) is 4.49. The van der Waals surface area contributed by atoms with Gasteiger partial charge in [0.25, 0.3) is 0 Å². The van der Waals surface area contributed by atoms with Gasteiger partial charge in [0.1, 0.15) is 0 Å². The minimum Gasteiger partial charge on any atom is -0.466 e. The quantitative estimate of drug-likeness (QED) is 0.586. The van der Waals surface area contributed by atoms with Crippen LogP contribution in [-0.2, 0) is 19.0 Å². The van der Waals surface area contributed by atoms with Gasteiger partial charge in [-0.15, -0.1) is 0 Å². The Bertz CT molecular complexity index is 360. The van der Waals surface area contributed by atoms with E-state index in [-0.39, 0.29) is 17.8 Å². The highest BCUT2D eigenvalue weighted by Gasteiger charge is 2.49. The Morgan fingerprint density at radius 3 is 2.62 bits per heavy atom. The first-order valence-corrected chi connectivity index (χ1v) is 8.16. The molecule has 0 amide bonds. The number of esters is 1. The Hall–Kier alpha value is -0.870. The molecule has 4 heteroatoms. The molecule has 1 saturated carbocycles. The molecule has 0 N–H and O–H groups in total. The van der Waals surface area contributed by atoms with Crippen molar-refractivity contribution >= 4 is 5.97 Å². The summed E-state index contributed by atoms with van der Waals surface area (Å²) < 4.78 is 16.6. The van der Waals surface area contributed by atoms with E-state index in [2.05, 4.69) is 0 Å². The molecule has 2 rings (SSSR count). The molecule has 21 heavy (non-hydrogen) atoms. The second-order valence-corrected chi connectivity index (χ2v) is 5.28. The molecule has 1 fully saturated rings.